The molecule has 10 heteroatoms. The fourth-order valence-corrected chi connectivity index (χ4v) is 2.58. The molecule has 4 N–H and O–H groups in total. The van der Waals surface area contributed by atoms with Gasteiger partial charge in [0.2, 0.25) is 18.2 Å². The minimum absolute atomic E-state index is 0.00615. The molecule has 3 amide bonds. The number of carboxylic acids is 1. The van der Waals surface area contributed by atoms with Gasteiger partial charge in [0.25, 0.3) is 0 Å². The fraction of sp³-hybridized carbons (Fsp3) is 0.800. The monoisotopic (exact) mass is 431 g/mol. The van der Waals surface area contributed by atoms with Crippen molar-refractivity contribution in [1.82, 2.24) is 16.0 Å². The van der Waals surface area contributed by atoms with Crippen molar-refractivity contribution < 1.29 is 33.8 Å². The number of unbranched alkanes of at least 4 members (excludes halogenated alkanes) is 7. The van der Waals surface area contributed by atoms with Gasteiger partial charge in [-0.25, -0.2) is 0 Å². The molecule has 0 aliphatic heterocycles. The molecular weight excluding hydrogens is 394 g/mol. The van der Waals surface area contributed by atoms with Gasteiger partial charge in [-0.05, 0) is 12.8 Å². The lowest BCUT2D eigenvalue weighted by atomic mass is 10.1. The Bertz CT molecular complexity index is 475. The van der Waals surface area contributed by atoms with E-state index in [1.807, 2.05) is 0 Å². The van der Waals surface area contributed by atoms with Gasteiger partial charge in [-0.1, -0.05) is 38.5 Å². The second-order valence-electron chi connectivity index (χ2n) is 6.84. The molecule has 0 radical (unpaired) electrons. The minimum Gasteiger partial charge on any atom is -0.481 e. The van der Waals surface area contributed by atoms with E-state index in [9.17, 15) is 19.2 Å². The predicted molar refractivity (Wildman–Crippen MR) is 111 cm³/mol. The van der Waals surface area contributed by atoms with Crippen LogP contribution in [0, 0.1) is 0 Å². The van der Waals surface area contributed by atoms with Crippen LogP contribution in [0.1, 0.15) is 57.8 Å². The number of amides is 3. The molecule has 0 saturated heterocycles. The number of hydrogen-bond donors (Lipinski definition) is 4. The Morgan fingerprint density at radius 2 is 1.33 bits per heavy atom. The Balaban J connectivity index is 3.24. The van der Waals surface area contributed by atoms with Gasteiger partial charge in [0, 0.05) is 19.5 Å². The Kier molecular flexibility index (Phi) is 19.9. The van der Waals surface area contributed by atoms with Crippen LogP contribution in [0.3, 0.4) is 0 Å². The summed E-state index contributed by atoms with van der Waals surface area (Å²) in [6, 6.07) is 0. The lowest BCUT2D eigenvalue weighted by molar-refractivity contribution is -0.137. The number of carbonyl (C=O) groups is 4. The summed E-state index contributed by atoms with van der Waals surface area (Å²) in [5.41, 5.74) is 0. The smallest absolute Gasteiger partial charge is 0.303 e. The Morgan fingerprint density at radius 3 is 2.00 bits per heavy atom. The lowest BCUT2D eigenvalue weighted by Gasteiger charge is -2.08. The first-order valence-electron chi connectivity index (χ1n) is 10.6. The molecule has 0 spiro atoms. The van der Waals surface area contributed by atoms with Gasteiger partial charge in [0.15, 0.2) is 0 Å². The molecule has 0 rings (SSSR count). The van der Waals surface area contributed by atoms with Crippen molar-refractivity contribution >= 4 is 24.2 Å². The van der Waals surface area contributed by atoms with Gasteiger partial charge in [0.1, 0.15) is 6.61 Å². The molecule has 0 fully saturated rings. The van der Waals surface area contributed by atoms with Crippen LogP contribution in [0.25, 0.3) is 0 Å². The first kappa shape index (κ1) is 27.8. The van der Waals surface area contributed by atoms with Crippen LogP contribution in [0.4, 0.5) is 0 Å². The third-order valence-electron chi connectivity index (χ3n) is 4.16. The van der Waals surface area contributed by atoms with Gasteiger partial charge < -0.3 is 30.5 Å². The summed E-state index contributed by atoms with van der Waals surface area (Å²) in [5.74, 6) is -1.16. The van der Waals surface area contributed by atoms with E-state index >= 15 is 0 Å². The Hall–Kier alpha value is -2.20. The van der Waals surface area contributed by atoms with Crippen LogP contribution >= 0.6 is 0 Å². The van der Waals surface area contributed by atoms with E-state index < -0.39 is 5.97 Å². The normalized spacial score (nSPS) is 10.4. The third kappa shape index (κ3) is 22.1. The largest absolute Gasteiger partial charge is 0.481 e. The second-order valence-corrected chi connectivity index (χ2v) is 6.84. The van der Waals surface area contributed by atoms with Crippen LogP contribution < -0.4 is 16.0 Å². The standard InChI is InChI=1S/C20H37N3O7/c24-17-21-15-18(25)23-11-12-29-13-14-30-16-19(26)22-10-8-6-4-2-1-3-5-7-9-20(27)28/h17H,1-16H2,(H,21,24)(H,22,26)(H,23,25)(H,27,28). The molecule has 0 atom stereocenters. The summed E-state index contributed by atoms with van der Waals surface area (Å²) in [6.45, 7) is 1.85. The first-order valence-corrected chi connectivity index (χ1v) is 10.6. The molecule has 0 bridgehead atoms. The van der Waals surface area contributed by atoms with Crippen molar-refractivity contribution in [1.29, 1.82) is 0 Å². The van der Waals surface area contributed by atoms with Crippen molar-refractivity contribution in [2.24, 2.45) is 0 Å². The molecule has 0 unspecified atom stereocenters. The predicted octanol–water partition coefficient (Wildman–Crippen LogP) is 0.594. The Morgan fingerprint density at radius 1 is 0.733 bits per heavy atom. The molecule has 0 heterocycles. The summed E-state index contributed by atoms with van der Waals surface area (Å²) in [4.78, 5) is 43.2. The van der Waals surface area contributed by atoms with Gasteiger partial charge in [-0.15, -0.1) is 0 Å². The first-order chi connectivity index (χ1) is 14.6. The number of carbonyl (C=O) groups excluding carboxylic acids is 3. The van der Waals surface area contributed by atoms with Crippen LogP contribution in [-0.2, 0) is 28.7 Å². The van der Waals surface area contributed by atoms with Crippen molar-refractivity contribution in [2.75, 3.05) is 46.1 Å². The van der Waals surface area contributed by atoms with Gasteiger partial charge in [-0.2, -0.15) is 0 Å². The third-order valence-corrected chi connectivity index (χ3v) is 4.16. The van der Waals surface area contributed by atoms with Crippen LogP contribution in [0.15, 0.2) is 0 Å². The number of carboxylic acid groups (broad SMARTS) is 1. The molecule has 0 aliphatic rings. The van der Waals surface area contributed by atoms with E-state index in [1.54, 1.807) is 0 Å². The SMILES string of the molecule is O=CNCC(=O)NCCOCCOCC(=O)NCCCCCCCCCCC(=O)O. The molecule has 0 saturated carbocycles. The summed E-state index contributed by atoms with van der Waals surface area (Å²) >= 11 is 0. The van der Waals surface area contributed by atoms with Crippen LogP contribution in [-0.4, -0.2) is 75.4 Å². The highest BCUT2D eigenvalue weighted by Gasteiger charge is 2.02. The number of hydrogen-bond acceptors (Lipinski definition) is 6. The van der Waals surface area contributed by atoms with E-state index in [4.69, 9.17) is 14.6 Å². The highest BCUT2D eigenvalue weighted by atomic mass is 16.5. The maximum atomic E-state index is 11.6. The van der Waals surface area contributed by atoms with Crippen molar-refractivity contribution in [2.45, 2.75) is 57.8 Å². The summed E-state index contributed by atoms with van der Waals surface area (Å²) in [6.07, 6.45) is 8.93. The molecule has 30 heavy (non-hydrogen) atoms. The quantitative estimate of drug-likeness (QED) is 0.145. The van der Waals surface area contributed by atoms with Gasteiger partial charge in [-0.3, -0.25) is 19.2 Å². The molecule has 0 aromatic rings. The lowest BCUT2D eigenvalue weighted by Crippen LogP contribution is -2.35. The summed E-state index contributed by atoms with van der Waals surface area (Å²) in [7, 11) is 0. The number of nitrogens with one attached hydrogen (secondary N) is 3. The van der Waals surface area contributed by atoms with Crippen LogP contribution in [0.2, 0.25) is 0 Å². The van der Waals surface area contributed by atoms with E-state index in [0.29, 0.717) is 39.3 Å². The zero-order valence-corrected chi connectivity index (χ0v) is 17.8. The van der Waals surface area contributed by atoms with E-state index in [-0.39, 0.29) is 31.4 Å². The molecule has 0 aliphatic carbocycles. The van der Waals surface area contributed by atoms with Crippen molar-refractivity contribution in [3.63, 3.8) is 0 Å². The molecular formula is C20H37N3O7. The average molecular weight is 432 g/mol. The molecule has 0 aromatic heterocycles. The maximum Gasteiger partial charge on any atom is 0.303 e. The summed E-state index contributed by atoms with van der Waals surface area (Å²) in [5, 5.41) is 16.2. The van der Waals surface area contributed by atoms with E-state index in [1.165, 1.54) is 0 Å². The molecule has 10 nitrogen and oxygen atoms in total. The molecule has 0 aromatic carbocycles. The molecule has 174 valence electrons. The second kappa shape index (κ2) is 21.5. The van der Waals surface area contributed by atoms with Crippen LogP contribution in [0.5, 0.6) is 0 Å². The van der Waals surface area contributed by atoms with Crippen molar-refractivity contribution in [3.05, 3.63) is 0 Å². The minimum atomic E-state index is -0.722. The highest BCUT2D eigenvalue weighted by Crippen LogP contribution is 2.09. The topological polar surface area (TPSA) is 143 Å². The Labute approximate surface area is 178 Å². The van der Waals surface area contributed by atoms with E-state index in [2.05, 4.69) is 16.0 Å². The van der Waals surface area contributed by atoms with Gasteiger partial charge in [0.05, 0.1) is 26.4 Å². The number of ether oxygens (including phenoxy) is 2. The highest BCUT2D eigenvalue weighted by molar-refractivity contribution is 5.79. The van der Waals surface area contributed by atoms with Crippen molar-refractivity contribution in [3.8, 4) is 0 Å². The van der Waals surface area contributed by atoms with E-state index in [0.717, 1.165) is 51.4 Å². The summed E-state index contributed by atoms with van der Waals surface area (Å²) < 4.78 is 10.5. The zero-order chi connectivity index (χ0) is 22.3. The number of rotatable bonds is 22. The van der Waals surface area contributed by atoms with Gasteiger partial charge >= 0.3 is 5.97 Å². The maximum absolute atomic E-state index is 11.6. The zero-order valence-electron chi connectivity index (χ0n) is 17.8. The fourth-order valence-electron chi connectivity index (χ4n) is 2.58. The average Bonchev–Trinajstić information content (AvgIpc) is 2.72. The number of aliphatic carboxylic acids is 1.